The number of amides is 2. The molecule has 4 nitrogen and oxygen atoms in total. The molecule has 7 heteroatoms. The van der Waals surface area contributed by atoms with Gasteiger partial charge >= 0.3 is 0 Å². The third kappa shape index (κ3) is 3.85. The molecule has 0 saturated carbocycles. The minimum atomic E-state index is -0.166. The number of anilines is 1. The maximum Gasteiger partial charge on any atom is 0.263 e. The first-order valence-electron chi connectivity index (χ1n) is 8.43. The van der Waals surface area contributed by atoms with Gasteiger partial charge in [-0.25, -0.2) is 0 Å². The normalized spacial score (nSPS) is 18.0. The molecule has 0 unspecified atom stereocenters. The third-order valence-corrected chi connectivity index (χ3v) is 6.24. The molecule has 2 aliphatic rings. The molecule has 0 spiro atoms. The molecule has 1 saturated heterocycles. The van der Waals surface area contributed by atoms with Gasteiger partial charge in [-0.1, -0.05) is 64.2 Å². The predicted molar refractivity (Wildman–Crippen MR) is 116 cm³/mol. The zero-order valence-electron chi connectivity index (χ0n) is 14.2. The summed E-state index contributed by atoms with van der Waals surface area (Å²) < 4.78 is 1.49. The number of carbonyl (C=O) groups is 2. The van der Waals surface area contributed by atoms with Gasteiger partial charge in [-0.3, -0.25) is 9.59 Å². The molecule has 0 aliphatic carbocycles. The van der Waals surface area contributed by atoms with Gasteiger partial charge in [-0.15, -0.1) is 0 Å². The van der Waals surface area contributed by atoms with Crippen LogP contribution in [0.5, 0.6) is 0 Å². The van der Waals surface area contributed by atoms with Gasteiger partial charge in [0, 0.05) is 16.6 Å². The lowest BCUT2D eigenvalue weighted by atomic mass is 9.95. The van der Waals surface area contributed by atoms with Crippen molar-refractivity contribution in [2.24, 2.45) is 0 Å². The van der Waals surface area contributed by atoms with Crippen molar-refractivity contribution >= 4 is 67.8 Å². The molecule has 2 aromatic rings. The zero-order valence-corrected chi connectivity index (χ0v) is 17.4. The highest BCUT2D eigenvalue weighted by Gasteiger charge is 2.27. The van der Waals surface area contributed by atoms with Crippen LogP contribution in [0.1, 0.15) is 23.1 Å². The Bertz CT molecular complexity index is 986. The van der Waals surface area contributed by atoms with Crippen molar-refractivity contribution in [1.82, 2.24) is 5.32 Å². The number of thiocarbonyl (C=S) groups is 1. The van der Waals surface area contributed by atoms with Gasteiger partial charge in [0.25, 0.3) is 5.91 Å². The summed E-state index contributed by atoms with van der Waals surface area (Å²) in [7, 11) is 0. The van der Waals surface area contributed by atoms with Gasteiger partial charge < -0.3 is 10.2 Å². The Balaban J connectivity index is 1.70. The molecule has 2 aliphatic heterocycles. The monoisotopic (exact) mass is 458 g/mol. The summed E-state index contributed by atoms with van der Waals surface area (Å²) in [6.45, 7) is 0.526. The van der Waals surface area contributed by atoms with Gasteiger partial charge in [0.15, 0.2) is 0 Å². The number of halogens is 1. The summed E-state index contributed by atoms with van der Waals surface area (Å²) in [4.78, 5) is 27.0. The van der Waals surface area contributed by atoms with Crippen LogP contribution in [-0.2, 0) is 22.6 Å². The predicted octanol–water partition coefficient (Wildman–Crippen LogP) is 4.42. The SMILES string of the molecule is O=C1NC(=S)SC1=Cc1cccc2c1CCC(=O)N2Cc1ccc(Br)cc1. The second-order valence-corrected chi connectivity index (χ2v) is 8.94. The molecule has 0 atom stereocenters. The van der Waals surface area contributed by atoms with Gasteiger partial charge in [-0.2, -0.15) is 0 Å². The van der Waals surface area contributed by atoms with Crippen LogP contribution in [0.2, 0.25) is 0 Å². The van der Waals surface area contributed by atoms with E-state index < -0.39 is 0 Å². The molecule has 4 rings (SSSR count). The number of nitrogens with one attached hydrogen (secondary N) is 1. The topological polar surface area (TPSA) is 49.4 Å². The first-order chi connectivity index (χ1) is 13.0. The average Bonchev–Trinajstić information content (AvgIpc) is 2.96. The van der Waals surface area contributed by atoms with Crippen LogP contribution >= 0.6 is 39.9 Å². The average molecular weight is 459 g/mol. The van der Waals surface area contributed by atoms with E-state index in [0.717, 1.165) is 26.9 Å². The fraction of sp³-hybridized carbons (Fsp3) is 0.150. The largest absolute Gasteiger partial charge is 0.308 e. The van der Waals surface area contributed by atoms with Gasteiger partial charge in [-0.05, 0) is 47.4 Å². The lowest BCUT2D eigenvalue weighted by molar-refractivity contribution is -0.119. The fourth-order valence-electron chi connectivity index (χ4n) is 3.26. The number of thioether (sulfide) groups is 1. The lowest BCUT2D eigenvalue weighted by Crippen LogP contribution is -2.34. The lowest BCUT2D eigenvalue weighted by Gasteiger charge is -2.30. The van der Waals surface area contributed by atoms with E-state index in [1.54, 1.807) is 0 Å². The van der Waals surface area contributed by atoms with Crippen LogP contribution in [0.25, 0.3) is 6.08 Å². The molecule has 136 valence electrons. The van der Waals surface area contributed by atoms with Gasteiger partial charge in [0.1, 0.15) is 4.32 Å². The fourth-order valence-corrected chi connectivity index (χ4v) is 4.56. The Morgan fingerprint density at radius 2 is 1.93 bits per heavy atom. The highest BCUT2D eigenvalue weighted by atomic mass is 79.9. The molecular weight excluding hydrogens is 444 g/mol. The van der Waals surface area contributed by atoms with Crippen molar-refractivity contribution in [2.75, 3.05) is 4.90 Å². The summed E-state index contributed by atoms with van der Waals surface area (Å²) >= 11 is 9.77. The second-order valence-electron chi connectivity index (χ2n) is 6.30. The zero-order chi connectivity index (χ0) is 19.0. The molecule has 1 fully saturated rings. The molecule has 2 amide bonds. The summed E-state index contributed by atoms with van der Waals surface area (Å²) in [5, 5.41) is 2.64. The molecule has 0 aromatic heterocycles. The van der Waals surface area contributed by atoms with Crippen molar-refractivity contribution in [3.05, 3.63) is 68.5 Å². The van der Waals surface area contributed by atoms with E-state index in [1.807, 2.05) is 53.4 Å². The van der Waals surface area contributed by atoms with Gasteiger partial charge in [0.05, 0.1) is 11.4 Å². The standard InChI is InChI=1S/C20H15BrN2O2S2/c21-14-6-4-12(5-7-14)11-23-16-3-1-2-13(15(16)8-9-18(23)24)10-17-19(25)22-20(26)27-17/h1-7,10H,8-9,11H2,(H,22,25,26). The first-order valence-corrected chi connectivity index (χ1v) is 10.4. The van der Waals surface area contributed by atoms with Crippen molar-refractivity contribution in [1.29, 1.82) is 0 Å². The number of hydrogen-bond acceptors (Lipinski definition) is 4. The maximum atomic E-state index is 12.6. The summed E-state index contributed by atoms with van der Waals surface area (Å²) in [6, 6.07) is 13.9. The van der Waals surface area contributed by atoms with Crippen molar-refractivity contribution < 1.29 is 9.59 Å². The van der Waals surface area contributed by atoms with E-state index in [2.05, 4.69) is 21.2 Å². The second kappa shape index (κ2) is 7.58. The van der Waals surface area contributed by atoms with Crippen molar-refractivity contribution in [2.45, 2.75) is 19.4 Å². The van der Waals surface area contributed by atoms with E-state index in [0.29, 0.717) is 28.6 Å². The van der Waals surface area contributed by atoms with E-state index in [1.165, 1.54) is 11.8 Å². The quantitative estimate of drug-likeness (QED) is 0.546. The highest BCUT2D eigenvalue weighted by molar-refractivity contribution is 9.10. The van der Waals surface area contributed by atoms with Crippen LogP contribution in [0.4, 0.5) is 5.69 Å². The summed E-state index contributed by atoms with van der Waals surface area (Å²) in [6.07, 6.45) is 2.99. The Labute approximate surface area is 175 Å². The molecule has 1 N–H and O–H groups in total. The van der Waals surface area contributed by atoms with Crippen LogP contribution in [0.15, 0.2) is 51.8 Å². The summed E-state index contributed by atoms with van der Waals surface area (Å²) in [5.41, 5.74) is 4.03. The van der Waals surface area contributed by atoms with Crippen molar-refractivity contribution in [3.8, 4) is 0 Å². The number of nitrogens with zero attached hydrogens (tertiary/aromatic N) is 1. The Morgan fingerprint density at radius 1 is 1.15 bits per heavy atom. The van der Waals surface area contributed by atoms with Crippen LogP contribution in [-0.4, -0.2) is 16.1 Å². The van der Waals surface area contributed by atoms with Crippen LogP contribution in [0, 0.1) is 0 Å². The number of benzene rings is 2. The molecule has 2 aromatic carbocycles. The number of fused-ring (bicyclic) bond motifs is 1. The van der Waals surface area contributed by atoms with Crippen LogP contribution < -0.4 is 10.2 Å². The van der Waals surface area contributed by atoms with E-state index in [9.17, 15) is 9.59 Å². The number of carbonyl (C=O) groups excluding carboxylic acids is 2. The maximum absolute atomic E-state index is 12.6. The first kappa shape index (κ1) is 18.4. The number of rotatable bonds is 3. The Kier molecular flexibility index (Phi) is 5.16. The highest BCUT2D eigenvalue weighted by Crippen LogP contribution is 2.34. The van der Waals surface area contributed by atoms with Crippen molar-refractivity contribution in [3.63, 3.8) is 0 Å². The molecule has 2 heterocycles. The summed E-state index contributed by atoms with van der Waals surface area (Å²) in [5.74, 6) is -0.0504. The third-order valence-electron chi connectivity index (χ3n) is 4.55. The van der Waals surface area contributed by atoms with E-state index in [-0.39, 0.29) is 11.8 Å². The minimum Gasteiger partial charge on any atom is -0.308 e. The minimum absolute atomic E-state index is 0.115. The Morgan fingerprint density at radius 3 is 2.63 bits per heavy atom. The molecule has 0 radical (unpaired) electrons. The molecular formula is C20H15BrN2O2S2. The smallest absolute Gasteiger partial charge is 0.263 e. The molecule has 27 heavy (non-hydrogen) atoms. The van der Waals surface area contributed by atoms with Gasteiger partial charge in [0.2, 0.25) is 5.91 Å². The molecule has 0 bridgehead atoms. The number of hydrogen-bond donors (Lipinski definition) is 1. The van der Waals surface area contributed by atoms with E-state index in [4.69, 9.17) is 12.2 Å². The van der Waals surface area contributed by atoms with Crippen LogP contribution in [0.3, 0.4) is 0 Å². The Hall–Kier alpha value is -1.96. The van der Waals surface area contributed by atoms with E-state index >= 15 is 0 Å².